The molecule has 2 aromatic rings. The molecule has 1 aromatic carbocycles. The molecule has 2 aliphatic rings. The number of sulfonamides is 1. The standard InChI is InChI=1S/C23H30N7O6PS/c1-6-36-37(33)19-14-16(28-38(5,34)35)8-9-17(19)25-22(27-37)30(13-10-23(2,3)4)20(32)15-18(31)21(26-30)29-12-7-11-24-29/h7-9,11-12,14-15H,6,10,13H2,1-5H3,(H2-,25,26,27,28,31,32,33)/p+1. The van der Waals surface area contributed by atoms with Crippen molar-refractivity contribution in [1.29, 1.82) is 0 Å². The van der Waals surface area contributed by atoms with Gasteiger partial charge in [0.1, 0.15) is 6.54 Å². The molecule has 1 aromatic heterocycles. The Hall–Kier alpha value is -3.32. The van der Waals surface area contributed by atoms with Crippen LogP contribution in [0.25, 0.3) is 0 Å². The number of aliphatic hydroxyl groups excluding tert-OH is 1. The Kier molecular flexibility index (Phi) is 7.12. The number of guanidine groups is 1. The van der Waals surface area contributed by atoms with E-state index >= 15 is 0 Å². The summed E-state index contributed by atoms with van der Waals surface area (Å²) in [6, 6.07) is 6.06. The highest BCUT2D eigenvalue weighted by Crippen LogP contribution is 2.52. The number of nitrogens with zero attached hydrogens (tertiary/aromatic N) is 5. The van der Waals surface area contributed by atoms with Crippen LogP contribution in [0.1, 0.15) is 34.1 Å². The molecule has 2 atom stereocenters. The lowest BCUT2D eigenvalue weighted by Crippen LogP contribution is -2.59. The van der Waals surface area contributed by atoms with E-state index in [1.165, 1.54) is 29.1 Å². The van der Waals surface area contributed by atoms with Crippen molar-refractivity contribution in [3.8, 4) is 0 Å². The number of fused-ring (bicyclic) bond motifs is 1. The second-order valence-electron chi connectivity index (χ2n) is 10.1. The summed E-state index contributed by atoms with van der Waals surface area (Å²) >= 11 is 0. The van der Waals surface area contributed by atoms with E-state index in [2.05, 4.69) is 25.0 Å². The lowest BCUT2D eigenvalue weighted by molar-refractivity contribution is -0.770. The van der Waals surface area contributed by atoms with Crippen molar-refractivity contribution in [2.45, 2.75) is 34.1 Å². The molecule has 13 nitrogen and oxygen atoms in total. The van der Waals surface area contributed by atoms with E-state index in [1.54, 1.807) is 19.2 Å². The number of anilines is 2. The van der Waals surface area contributed by atoms with Crippen LogP contribution >= 0.6 is 7.52 Å². The van der Waals surface area contributed by atoms with Crippen molar-refractivity contribution >= 4 is 51.9 Å². The number of hydrogen-bond acceptors (Lipinski definition) is 9. The lowest BCUT2D eigenvalue weighted by atomic mass is 9.92. The van der Waals surface area contributed by atoms with E-state index in [9.17, 15) is 22.9 Å². The molecule has 0 radical (unpaired) electrons. The Morgan fingerprint density at radius 1 is 1.29 bits per heavy atom. The second kappa shape index (κ2) is 9.77. The Morgan fingerprint density at radius 2 is 2.03 bits per heavy atom. The Balaban J connectivity index is 1.91. The fraction of sp³-hybridized carbons (Fsp3) is 0.391. The molecule has 38 heavy (non-hydrogen) atoms. The Bertz CT molecular complexity index is 1510. The van der Waals surface area contributed by atoms with Crippen LogP contribution in [0, 0.1) is 5.41 Å². The zero-order valence-electron chi connectivity index (χ0n) is 21.7. The number of hydrogen-bond donors (Lipinski definition) is 3. The first-order valence-corrected chi connectivity index (χ1v) is 15.3. The molecule has 0 aliphatic carbocycles. The highest BCUT2D eigenvalue weighted by atomic mass is 32.2. The molecule has 2 unspecified atom stereocenters. The monoisotopic (exact) mass is 564 g/mol. The SMILES string of the molecule is CCOP1(=O)N=C([N+]2(CCC(C)(C)C)N=C(n3cccn3)C(O)=CC2=O)Nc2ccc(NS(C)(=O)=O)cc21. The summed E-state index contributed by atoms with van der Waals surface area (Å²) in [6.45, 7) is 7.84. The summed E-state index contributed by atoms with van der Waals surface area (Å²) in [4.78, 5) is 13.6. The van der Waals surface area contributed by atoms with Gasteiger partial charge in [-0.3, -0.25) is 14.6 Å². The van der Waals surface area contributed by atoms with E-state index in [4.69, 9.17) is 4.52 Å². The summed E-state index contributed by atoms with van der Waals surface area (Å²) in [7, 11) is -7.59. The number of quaternary nitrogens is 1. The first-order valence-electron chi connectivity index (χ1n) is 11.8. The van der Waals surface area contributed by atoms with E-state index in [0.29, 0.717) is 12.1 Å². The van der Waals surface area contributed by atoms with E-state index in [-0.39, 0.29) is 47.1 Å². The van der Waals surface area contributed by atoms with Crippen molar-refractivity contribution in [3.05, 3.63) is 48.5 Å². The Labute approximate surface area is 221 Å². The largest absolute Gasteiger partial charge is 0.504 e. The van der Waals surface area contributed by atoms with Crippen molar-refractivity contribution < 1.29 is 32.0 Å². The molecular formula is C23H31N7O6PS+. The predicted molar refractivity (Wildman–Crippen MR) is 145 cm³/mol. The maximum absolute atomic E-state index is 14.2. The molecule has 0 fully saturated rings. The number of nitrogens with one attached hydrogen (secondary N) is 2. The number of carbonyl (C=O) groups is 1. The number of carbonyl (C=O) groups excluding carboxylic acids is 1. The van der Waals surface area contributed by atoms with Crippen LogP contribution in [-0.2, 0) is 23.9 Å². The smallest absolute Gasteiger partial charge is 0.376 e. The number of allylic oxidation sites excluding steroid dienone is 1. The summed E-state index contributed by atoms with van der Waals surface area (Å²) in [6.07, 6.45) is 5.65. The minimum Gasteiger partial charge on any atom is -0.504 e. The number of aliphatic hydroxyl groups is 1. The predicted octanol–water partition coefficient (Wildman–Crippen LogP) is 2.99. The highest BCUT2D eigenvalue weighted by molar-refractivity contribution is 7.92. The average Bonchev–Trinajstić information content (AvgIpc) is 3.32. The van der Waals surface area contributed by atoms with E-state index in [0.717, 1.165) is 12.3 Å². The van der Waals surface area contributed by atoms with Gasteiger partial charge < -0.3 is 9.63 Å². The van der Waals surface area contributed by atoms with Gasteiger partial charge in [-0.1, -0.05) is 25.4 Å². The molecule has 15 heteroatoms. The van der Waals surface area contributed by atoms with Crippen LogP contribution in [0.5, 0.6) is 0 Å². The summed E-state index contributed by atoms with van der Waals surface area (Å²) in [5.41, 5.74) is 0.296. The van der Waals surface area contributed by atoms with Crippen LogP contribution in [0.15, 0.2) is 58.4 Å². The average molecular weight is 565 g/mol. The van der Waals surface area contributed by atoms with Gasteiger partial charge in [0.25, 0.3) is 5.84 Å². The summed E-state index contributed by atoms with van der Waals surface area (Å²) in [5.74, 6) is -1.02. The van der Waals surface area contributed by atoms with Gasteiger partial charge in [0.05, 0.1) is 29.9 Å². The first-order chi connectivity index (χ1) is 17.7. The molecule has 0 saturated heterocycles. The van der Waals surface area contributed by atoms with Gasteiger partial charge >= 0.3 is 19.4 Å². The zero-order chi connectivity index (χ0) is 27.9. The van der Waals surface area contributed by atoms with E-state index < -0.39 is 28.0 Å². The fourth-order valence-electron chi connectivity index (χ4n) is 3.94. The van der Waals surface area contributed by atoms with Crippen molar-refractivity contribution in [1.82, 2.24) is 9.78 Å². The molecule has 3 N–H and O–H groups in total. The van der Waals surface area contributed by atoms with E-state index in [1.807, 2.05) is 20.8 Å². The maximum atomic E-state index is 14.2. The molecule has 4 rings (SSSR count). The van der Waals surface area contributed by atoms with Gasteiger partial charge in [0.2, 0.25) is 10.0 Å². The number of rotatable bonds is 6. The lowest BCUT2D eigenvalue weighted by Gasteiger charge is -2.35. The summed E-state index contributed by atoms with van der Waals surface area (Å²) < 4.78 is 50.7. The van der Waals surface area contributed by atoms with Crippen LogP contribution in [0.4, 0.5) is 11.4 Å². The molecule has 1 amide bonds. The molecule has 0 spiro atoms. The van der Waals surface area contributed by atoms with Crippen molar-refractivity contribution in [2.24, 2.45) is 15.3 Å². The summed E-state index contributed by atoms with van der Waals surface area (Å²) in [5, 5.41) is 22.6. The molecular weight excluding hydrogens is 533 g/mol. The maximum Gasteiger partial charge on any atom is 0.376 e. The fourth-order valence-corrected chi connectivity index (χ4v) is 6.33. The quantitative estimate of drug-likeness (QED) is 0.356. The minimum absolute atomic E-state index is 0.0118. The van der Waals surface area contributed by atoms with Crippen LogP contribution in [0.2, 0.25) is 0 Å². The molecule has 2 aliphatic heterocycles. The van der Waals surface area contributed by atoms with Gasteiger partial charge in [-0.25, -0.2) is 17.9 Å². The first kappa shape index (κ1) is 27.7. The Morgan fingerprint density at radius 3 is 2.63 bits per heavy atom. The van der Waals surface area contributed by atoms with Gasteiger partial charge in [-0.2, -0.15) is 5.10 Å². The topological polar surface area (TPSA) is 164 Å². The van der Waals surface area contributed by atoms with Crippen LogP contribution in [0.3, 0.4) is 0 Å². The van der Waals surface area contributed by atoms with Gasteiger partial charge in [-0.05, 0) is 41.7 Å². The highest BCUT2D eigenvalue weighted by Gasteiger charge is 2.51. The zero-order valence-corrected chi connectivity index (χ0v) is 23.5. The van der Waals surface area contributed by atoms with Crippen molar-refractivity contribution in [3.63, 3.8) is 0 Å². The normalized spacial score (nSPS) is 23.6. The van der Waals surface area contributed by atoms with Crippen molar-refractivity contribution in [2.75, 3.05) is 29.4 Å². The van der Waals surface area contributed by atoms with Gasteiger partial charge in [0, 0.05) is 24.5 Å². The molecule has 0 bridgehead atoms. The third-order valence-corrected chi connectivity index (χ3v) is 8.41. The van der Waals surface area contributed by atoms with Crippen LogP contribution < -0.4 is 15.3 Å². The molecule has 204 valence electrons. The molecule has 0 saturated carbocycles. The number of amides is 1. The third kappa shape index (κ3) is 5.58. The molecule has 3 heterocycles. The van der Waals surface area contributed by atoms with Gasteiger partial charge in [-0.15, -0.1) is 4.76 Å². The minimum atomic E-state index is -4.00. The van der Waals surface area contributed by atoms with Gasteiger partial charge in [0.15, 0.2) is 5.76 Å². The third-order valence-electron chi connectivity index (χ3n) is 5.76. The number of benzene rings is 1. The second-order valence-corrected chi connectivity index (χ2v) is 13.9. The number of aromatic nitrogens is 2. The van der Waals surface area contributed by atoms with Crippen LogP contribution in [-0.4, -0.2) is 65.0 Å².